The molecule has 2 aromatic heterocycles. The van der Waals surface area contributed by atoms with Gasteiger partial charge in [-0.3, -0.25) is 4.98 Å². The molecule has 0 saturated heterocycles. The van der Waals surface area contributed by atoms with Crippen LogP contribution in [0, 0.1) is 11.3 Å². The molecule has 0 aliphatic heterocycles. The molecule has 3 aromatic rings. The van der Waals surface area contributed by atoms with Gasteiger partial charge in [0.25, 0.3) is 0 Å². The molecule has 0 spiro atoms. The predicted molar refractivity (Wildman–Crippen MR) is 79.5 cm³/mol. The van der Waals surface area contributed by atoms with E-state index in [1.165, 1.54) is 0 Å². The van der Waals surface area contributed by atoms with Crippen molar-refractivity contribution in [1.29, 1.82) is 5.26 Å². The molecule has 3 nitrogen and oxygen atoms in total. The molecule has 2 heterocycles. The molecule has 3 rings (SSSR count). The Balaban J connectivity index is 2.14. The molecular weight excluding hydrogens is 268 g/mol. The van der Waals surface area contributed by atoms with E-state index < -0.39 is 0 Å². The van der Waals surface area contributed by atoms with E-state index in [-0.39, 0.29) is 0 Å². The maximum Gasteiger partial charge on any atom is 0.125 e. The van der Waals surface area contributed by atoms with E-state index in [2.05, 4.69) is 11.1 Å². The molecule has 0 radical (unpaired) electrons. The molecule has 0 unspecified atom stereocenters. The summed E-state index contributed by atoms with van der Waals surface area (Å²) < 4.78 is 1.13. The number of rotatable bonds is 3. The summed E-state index contributed by atoms with van der Waals surface area (Å²) in [6.45, 7) is 0. The number of aldehydes is 1. The molecule has 20 heavy (non-hydrogen) atoms. The van der Waals surface area contributed by atoms with Gasteiger partial charge in [0, 0.05) is 39.3 Å². The number of pyridine rings is 1. The standard InChI is InChI=1S/C16H10N2OS/c17-8-11-1-3-12(4-2-11)15-10-18-9-13-7-14(5-6-19)20-16(13)15/h1-4,6-7,9-10H,5H2. The molecule has 0 saturated carbocycles. The van der Waals surface area contributed by atoms with Gasteiger partial charge >= 0.3 is 0 Å². The first-order valence-electron chi connectivity index (χ1n) is 6.12. The first-order valence-corrected chi connectivity index (χ1v) is 6.94. The van der Waals surface area contributed by atoms with Gasteiger partial charge in [0.1, 0.15) is 6.29 Å². The maximum absolute atomic E-state index is 10.6. The summed E-state index contributed by atoms with van der Waals surface area (Å²) in [6.07, 6.45) is 4.99. The number of carbonyl (C=O) groups excluding carboxylic acids is 1. The average molecular weight is 278 g/mol. The van der Waals surface area contributed by atoms with Crippen LogP contribution < -0.4 is 0 Å². The highest BCUT2D eigenvalue weighted by Gasteiger charge is 2.08. The minimum absolute atomic E-state index is 0.437. The Bertz CT molecular complexity index is 813. The Morgan fingerprint density at radius 1 is 1.25 bits per heavy atom. The maximum atomic E-state index is 10.6. The third-order valence-electron chi connectivity index (χ3n) is 3.08. The van der Waals surface area contributed by atoms with E-state index in [0.29, 0.717) is 12.0 Å². The fourth-order valence-electron chi connectivity index (χ4n) is 2.13. The summed E-state index contributed by atoms with van der Waals surface area (Å²) in [6, 6.07) is 11.6. The normalized spacial score (nSPS) is 10.3. The van der Waals surface area contributed by atoms with Gasteiger partial charge in [-0.1, -0.05) is 12.1 Å². The summed E-state index contributed by atoms with van der Waals surface area (Å²) >= 11 is 1.62. The number of nitriles is 1. The van der Waals surface area contributed by atoms with Gasteiger partial charge in [-0.05, 0) is 23.8 Å². The van der Waals surface area contributed by atoms with E-state index in [1.807, 2.05) is 30.6 Å². The molecule has 0 bridgehead atoms. The van der Waals surface area contributed by atoms with Crippen LogP contribution in [0.25, 0.3) is 21.2 Å². The number of hydrogen-bond donors (Lipinski definition) is 0. The van der Waals surface area contributed by atoms with Crippen LogP contribution in [0.5, 0.6) is 0 Å². The van der Waals surface area contributed by atoms with E-state index >= 15 is 0 Å². The summed E-state index contributed by atoms with van der Waals surface area (Å²) in [7, 11) is 0. The molecule has 0 N–H and O–H groups in total. The van der Waals surface area contributed by atoms with E-state index in [9.17, 15) is 4.79 Å². The summed E-state index contributed by atoms with van der Waals surface area (Å²) in [4.78, 5) is 15.9. The number of nitrogens with zero attached hydrogens (tertiary/aromatic N) is 2. The number of carbonyl (C=O) groups is 1. The van der Waals surface area contributed by atoms with Crippen molar-refractivity contribution in [3.63, 3.8) is 0 Å². The highest BCUT2D eigenvalue weighted by molar-refractivity contribution is 7.19. The highest BCUT2D eigenvalue weighted by atomic mass is 32.1. The predicted octanol–water partition coefficient (Wildman–Crippen LogP) is 3.58. The molecule has 0 atom stereocenters. The van der Waals surface area contributed by atoms with Crippen LogP contribution >= 0.6 is 11.3 Å². The highest BCUT2D eigenvalue weighted by Crippen LogP contribution is 2.34. The van der Waals surface area contributed by atoms with E-state index in [0.717, 1.165) is 32.4 Å². The van der Waals surface area contributed by atoms with Gasteiger partial charge < -0.3 is 4.79 Å². The molecule has 0 aliphatic rings. The second-order valence-corrected chi connectivity index (χ2v) is 5.51. The van der Waals surface area contributed by atoms with Crippen molar-refractivity contribution in [2.75, 3.05) is 0 Å². The van der Waals surface area contributed by atoms with Crippen LogP contribution in [-0.4, -0.2) is 11.3 Å². The smallest absolute Gasteiger partial charge is 0.125 e. The van der Waals surface area contributed by atoms with Crippen LogP contribution in [0.1, 0.15) is 10.4 Å². The van der Waals surface area contributed by atoms with Crippen molar-refractivity contribution in [2.24, 2.45) is 0 Å². The first-order chi connectivity index (χ1) is 9.81. The molecular formula is C16H10N2OS. The number of hydrogen-bond acceptors (Lipinski definition) is 4. The second kappa shape index (κ2) is 5.24. The van der Waals surface area contributed by atoms with Gasteiger partial charge in [-0.25, -0.2) is 0 Å². The Morgan fingerprint density at radius 3 is 2.75 bits per heavy atom. The number of benzene rings is 1. The fraction of sp³-hybridized carbons (Fsp3) is 0.0625. The number of aromatic nitrogens is 1. The van der Waals surface area contributed by atoms with Gasteiger partial charge in [0.15, 0.2) is 0 Å². The SMILES string of the molecule is N#Cc1ccc(-c2cncc3cc(CC=O)sc23)cc1. The largest absolute Gasteiger partial charge is 0.303 e. The first kappa shape index (κ1) is 12.5. The van der Waals surface area contributed by atoms with Crippen LogP contribution in [0.4, 0.5) is 0 Å². The zero-order chi connectivity index (χ0) is 13.9. The van der Waals surface area contributed by atoms with Crippen molar-refractivity contribution in [1.82, 2.24) is 4.98 Å². The second-order valence-electron chi connectivity index (χ2n) is 4.38. The van der Waals surface area contributed by atoms with Gasteiger partial charge in [-0.2, -0.15) is 5.26 Å². The Hall–Kier alpha value is -2.51. The van der Waals surface area contributed by atoms with Gasteiger partial charge in [0.2, 0.25) is 0 Å². The zero-order valence-corrected chi connectivity index (χ0v) is 11.4. The number of fused-ring (bicyclic) bond motifs is 1. The van der Waals surface area contributed by atoms with Crippen LogP contribution in [0.3, 0.4) is 0 Å². The lowest BCUT2D eigenvalue weighted by molar-refractivity contribution is -0.107. The Labute approximate surface area is 120 Å². The Kier molecular flexibility index (Phi) is 3.28. The summed E-state index contributed by atoms with van der Waals surface area (Å²) in [5.74, 6) is 0. The average Bonchev–Trinajstić information content (AvgIpc) is 2.90. The van der Waals surface area contributed by atoms with Crippen LogP contribution in [0.15, 0.2) is 42.7 Å². The topological polar surface area (TPSA) is 53.8 Å². The van der Waals surface area contributed by atoms with Gasteiger partial charge in [-0.15, -0.1) is 11.3 Å². The monoisotopic (exact) mass is 278 g/mol. The van der Waals surface area contributed by atoms with Crippen LogP contribution in [0.2, 0.25) is 0 Å². The van der Waals surface area contributed by atoms with Crippen molar-refractivity contribution in [2.45, 2.75) is 6.42 Å². The summed E-state index contributed by atoms with van der Waals surface area (Å²) in [5, 5.41) is 9.89. The molecule has 0 amide bonds. The molecule has 96 valence electrons. The number of thiophene rings is 1. The molecule has 0 fully saturated rings. The molecule has 1 aromatic carbocycles. The lowest BCUT2D eigenvalue weighted by Gasteiger charge is -2.02. The third kappa shape index (κ3) is 2.20. The lowest BCUT2D eigenvalue weighted by atomic mass is 10.1. The summed E-state index contributed by atoms with van der Waals surface area (Å²) in [5.41, 5.74) is 2.71. The Morgan fingerprint density at radius 2 is 2.05 bits per heavy atom. The van der Waals surface area contributed by atoms with E-state index in [4.69, 9.17) is 5.26 Å². The minimum Gasteiger partial charge on any atom is -0.303 e. The molecule has 4 heteroatoms. The van der Waals surface area contributed by atoms with Crippen molar-refractivity contribution in [3.8, 4) is 17.2 Å². The molecule has 0 aliphatic carbocycles. The minimum atomic E-state index is 0.437. The van der Waals surface area contributed by atoms with Crippen LogP contribution in [-0.2, 0) is 11.2 Å². The lowest BCUT2D eigenvalue weighted by Crippen LogP contribution is -1.81. The van der Waals surface area contributed by atoms with Crippen molar-refractivity contribution < 1.29 is 4.79 Å². The van der Waals surface area contributed by atoms with Crippen molar-refractivity contribution >= 4 is 27.7 Å². The van der Waals surface area contributed by atoms with Crippen molar-refractivity contribution in [3.05, 3.63) is 53.2 Å². The third-order valence-corrected chi connectivity index (χ3v) is 4.29. The van der Waals surface area contributed by atoms with Gasteiger partial charge in [0.05, 0.1) is 11.6 Å². The fourth-order valence-corrected chi connectivity index (χ4v) is 3.24. The zero-order valence-electron chi connectivity index (χ0n) is 10.5. The van der Waals surface area contributed by atoms with E-state index in [1.54, 1.807) is 23.5 Å². The quantitative estimate of drug-likeness (QED) is 0.688.